The van der Waals surface area contributed by atoms with Crippen molar-refractivity contribution in [3.63, 3.8) is 0 Å². The van der Waals surface area contributed by atoms with Crippen LogP contribution in [0, 0.1) is 6.92 Å². The first-order valence-electron chi connectivity index (χ1n) is 7.20. The molecule has 0 saturated carbocycles. The Morgan fingerprint density at radius 3 is 2.55 bits per heavy atom. The number of carbonyl (C=O) groups excluding carboxylic acids is 2. The van der Waals surface area contributed by atoms with Crippen LogP contribution in [0.5, 0.6) is 0 Å². The van der Waals surface area contributed by atoms with Crippen LogP contribution < -0.4 is 5.32 Å². The Hall–Kier alpha value is -1.78. The molecule has 5 heteroatoms. The van der Waals surface area contributed by atoms with Gasteiger partial charge in [-0.1, -0.05) is 13.8 Å². The van der Waals surface area contributed by atoms with Gasteiger partial charge >= 0.3 is 0 Å². The predicted molar refractivity (Wildman–Crippen MR) is 77.6 cm³/mol. The zero-order valence-electron chi connectivity index (χ0n) is 12.6. The molecule has 0 saturated heterocycles. The van der Waals surface area contributed by atoms with Crippen LogP contribution in [-0.4, -0.2) is 36.3 Å². The Bertz CT molecular complexity index is 440. The monoisotopic (exact) mass is 280 g/mol. The van der Waals surface area contributed by atoms with Crippen LogP contribution in [0.1, 0.15) is 49.2 Å². The van der Waals surface area contributed by atoms with Crippen LogP contribution >= 0.6 is 0 Å². The number of rotatable bonds is 8. The number of aryl methyl sites for hydroxylation is 1. The number of hydrogen-bond donors (Lipinski definition) is 1. The van der Waals surface area contributed by atoms with Gasteiger partial charge in [-0.15, -0.1) is 0 Å². The van der Waals surface area contributed by atoms with E-state index in [0.29, 0.717) is 37.4 Å². The summed E-state index contributed by atoms with van der Waals surface area (Å²) in [5, 5.41) is 2.82. The standard InChI is InChI=1S/C15H24N2O3/c1-4-8-16-14(18)6-10-17(9-5-2)15(19)13-7-11-20-12(13)3/h7,11H,4-6,8-10H2,1-3H3,(H,16,18). The minimum Gasteiger partial charge on any atom is -0.469 e. The molecule has 20 heavy (non-hydrogen) atoms. The maximum Gasteiger partial charge on any atom is 0.257 e. The molecule has 1 aromatic heterocycles. The van der Waals surface area contributed by atoms with Crippen molar-refractivity contribution in [2.45, 2.75) is 40.0 Å². The molecule has 0 aromatic carbocycles. The second-order valence-electron chi connectivity index (χ2n) is 4.78. The maximum absolute atomic E-state index is 12.4. The predicted octanol–water partition coefficient (Wildman–Crippen LogP) is 2.36. The molecule has 1 aromatic rings. The molecule has 0 radical (unpaired) electrons. The normalized spacial score (nSPS) is 10.3. The van der Waals surface area contributed by atoms with E-state index in [9.17, 15) is 9.59 Å². The molecular weight excluding hydrogens is 256 g/mol. The Labute approximate surface area is 120 Å². The van der Waals surface area contributed by atoms with Gasteiger partial charge in [0.1, 0.15) is 5.76 Å². The number of carbonyl (C=O) groups is 2. The first-order valence-corrected chi connectivity index (χ1v) is 7.20. The fourth-order valence-corrected chi connectivity index (χ4v) is 1.95. The average molecular weight is 280 g/mol. The topological polar surface area (TPSA) is 62.6 Å². The molecule has 0 unspecified atom stereocenters. The summed E-state index contributed by atoms with van der Waals surface area (Å²) in [5.74, 6) is 0.539. The van der Waals surface area contributed by atoms with Gasteiger partial charge in [0.25, 0.3) is 5.91 Å². The van der Waals surface area contributed by atoms with E-state index in [2.05, 4.69) is 5.32 Å². The Morgan fingerprint density at radius 1 is 1.25 bits per heavy atom. The van der Waals surface area contributed by atoms with Crippen molar-refractivity contribution in [2.75, 3.05) is 19.6 Å². The van der Waals surface area contributed by atoms with Crippen molar-refractivity contribution in [3.05, 3.63) is 23.7 Å². The summed E-state index contributed by atoms with van der Waals surface area (Å²) in [5.41, 5.74) is 0.576. The molecule has 0 aliphatic heterocycles. The number of nitrogens with zero attached hydrogens (tertiary/aromatic N) is 1. The molecule has 0 atom stereocenters. The van der Waals surface area contributed by atoms with Crippen molar-refractivity contribution in [1.29, 1.82) is 0 Å². The third kappa shape index (κ3) is 4.72. The molecule has 0 aliphatic carbocycles. The van der Waals surface area contributed by atoms with Gasteiger partial charge < -0.3 is 14.6 Å². The molecule has 1 N–H and O–H groups in total. The molecule has 5 nitrogen and oxygen atoms in total. The van der Waals surface area contributed by atoms with Gasteiger partial charge in [-0.05, 0) is 25.8 Å². The lowest BCUT2D eigenvalue weighted by Crippen LogP contribution is -2.36. The molecule has 2 amide bonds. The van der Waals surface area contributed by atoms with Crippen molar-refractivity contribution in [1.82, 2.24) is 10.2 Å². The summed E-state index contributed by atoms with van der Waals surface area (Å²) < 4.78 is 5.17. The minimum atomic E-state index is -0.0682. The molecular formula is C15H24N2O3. The van der Waals surface area contributed by atoms with Crippen LogP contribution in [-0.2, 0) is 4.79 Å². The molecule has 1 rings (SSSR count). The van der Waals surface area contributed by atoms with E-state index < -0.39 is 0 Å². The number of hydrogen-bond acceptors (Lipinski definition) is 3. The maximum atomic E-state index is 12.4. The van der Waals surface area contributed by atoms with E-state index >= 15 is 0 Å². The van der Waals surface area contributed by atoms with Crippen molar-refractivity contribution >= 4 is 11.8 Å². The Morgan fingerprint density at radius 2 is 2.00 bits per heavy atom. The molecule has 0 bridgehead atoms. The van der Waals surface area contributed by atoms with Gasteiger partial charge in [0.2, 0.25) is 5.91 Å². The van der Waals surface area contributed by atoms with Crippen LogP contribution in [0.2, 0.25) is 0 Å². The largest absolute Gasteiger partial charge is 0.469 e. The Balaban J connectivity index is 2.58. The lowest BCUT2D eigenvalue weighted by molar-refractivity contribution is -0.121. The lowest BCUT2D eigenvalue weighted by Gasteiger charge is -2.21. The average Bonchev–Trinajstić information content (AvgIpc) is 2.86. The lowest BCUT2D eigenvalue weighted by atomic mass is 10.2. The summed E-state index contributed by atoms with van der Waals surface area (Å²) >= 11 is 0. The van der Waals surface area contributed by atoms with Crippen molar-refractivity contribution in [2.24, 2.45) is 0 Å². The highest BCUT2D eigenvalue weighted by Gasteiger charge is 2.19. The summed E-state index contributed by atoms with van der Waals surface area (Å²) in [6, 6.07) is 1.68. The Kier molecular flexibility index (Phi) is 6.84. The van der Waals surface area contributed by atoms with Gasteiger partial charge in [-0.25, -0.2) is 0 Å². The quantitative estimate of drug-likeness (QED) is 0.795. The van der Waals surface area contributed by atoms with Crippen LogP contribution in [0.4, 0.5) is 0 Å². The van der Waals surface area contributed by atoms with Crippen LogP contribution in [0.25, 0.3) is 0 Å². The fraction of sp³-hybridized carbons (Fsp3) is 0.600. The van der Waals surface area contributed by atoms with Crippen LogP contribution in [0.3, 0.4) is 0 Å². The van der Waals surface area contributed by atoms with Gasteiger partial charge in [-0.2, -0.15) is 0 Å². The van der Waals surface area contributed by atoms with Gasteiger partial charge in [-0.3, -0.25) is 9.59 Å². The first kappa shape index (κ1) is 16.3. The summed E-state index contributed by atoms with van der Waals surface area (Å²) in [6.45, 7) is 7.55. The van der Waals surface area contributed by atoms with Gasteiger partial charge in [0.05, 0.1) is 11.8 Å². The zero-order chi connectivity index (χ0) is 15.0. The smallest absolute Gasteiger partial charge is 0.257 e. The van der Waals surface area contributed by atoms with E-state index in [0.717, 1.165) is 12.8 Å². The van der Waals surface area contributed by atoms with Gasteiger partial charge in [0.15, 0.2) is 0 Å². The first-order chi connectivity index (χ1) is 9.60. The molecule has 0 spiro atoms. The number of furan rings is 1. The highest BCUT2D eigenvalue weighted by atomic mass is 16.3. The van der Waals surface area contributed by atoms with Crippen molar-refractivity contribution in [3.8, 4) is 0 Å². The second kappa shape index (κ2) is 8.40. The minimum absolute atomic E-state index is 0.00957. The van der Waals surface area contributed by atoms with Crippen molar-refractivity contribution < 1.29 is 14.0 Å². The highest BCUT2D eigenvalue weighted by Crippen LogP contribution is 2.12. The van der Waals surface area contributed by atoms with Gasteiger partial charge in [0, 0.05) is 26.1 Å². The highest BCUT2D eigenvalue weighted by molar-refractivity contribution is 5.95. The van der Waals surface area contributed by atoms with E-state index in [1.165, 1.54) is 6.26 Å². The summed E-state index contributed by atoms with van der Waals surface area (Å²) in [4.78, 5) is 25.7. The molecule has 112 valence electrons. The summed E-state index contributed by atoms with van der Waals surface area (Å²) in [7, 11) is 0. The van der Waals surface area contributed by atoms with E-state index in [-0.39, 0.29) is 11.8 Å². The third-order valence-electron chi connectivity index (χ3n) is 3.05. The third-order valence-corrected chi connectivity index (χ3v) is 3.05. The molecule has 1 heterocycles. The van der Waals surface area contributed by atoms with E-state index in [4.69, 9.17) is 4.42 Å². The second-order valence-corrected chi connectivity index (χ2v) is 4.78. The van der Waals surface area contributed by atoms with Crippen LogP contribution in [0.15, 0.2) is 16.7 Å². The molecule has 0 aliphatic rings. The SMILES string of the molecule is CCCNC(=O)CCN(CCC)C(=O)c1ccoc1C. The molecule has 0 fully saturated rings. The van der Waals surface area contributed by atoms with E-state index in [1.54, 1.807) is 17.9 Å². The fourth-order valence-electron chi connectivity index (χ4n) is 1.95. The summed E-state index contributed by atoms with van der Waals surface area (Å²) in [6.07, 6.45) is 3.63. The zero-order valence-corrected chi connectivity index (χ0v) is 12.6. The number of amides is 2. The number of nitrogens with one attached hydrogen (secondary N) is 1. The van der Waals surface area contributed by atoms with E-state index in [1.807, 2.05) is 13.8 Å².